The number of aromatic carboxylic acids is 1. The predicted octanol–water partition coefficient (Wildman–Crippen LogP) is 3.35. The SMILES string of the molecule is C[C@@]1(CCC(=O)Nc2c(O)ccc(C(=O)O)c2O)CCc2ccccc2C1=O. The zero-order valence-electron chi connectivity index (χ0n) is 15.4. The molecule has 1 atom stereocenters. The molecule has 1 amide bonds. The van der Waals surface area contributed by atoms with E-state index >= 15 is 0 Å². The van der Waals surface area contributed by atoms with Crippen molar-refractivity contribution in [2.45, 2.75) is 32.6 Å². The molecule has 0 spiro atoms. The number of benzene rings is 2. The Bertz CT molecular complexity index is 967. The molecule has 1 aliphatic carbocycles. The minimum atomic E-state index is -1.38. The smallest absolute Gasteiger partial charge is 0.339 e. The van der Waals surface area contributed by atoms with Gasteiger partial charge in [-0.1, -0.05) is 31.2 Å². The third kappa shape index (κ3) is 3.55. The molecule has 2 aromatic rings. The van der Waals surface area contributed by atoms with E-state index in [0.717, 1.165) is 24.1 Å². The van der Waals surface area contributed by atoms with Gasteiger partial charge >= 0.3 is 5.97 Å². The number of anilines is 1. The lowest BCUT2D eigenvalue weighted by Gasteiger charge is -2.33. The molecule has 2 aromatic carbocycles. The molecule has 7 nitrogen and oxygen atoms in total. The van der Waals surface area contributed by atoms with Gasteiger partial charge < -0.3 is 20.6 Å². The van der Waals surface area contributed by atoms with E-state index in [-0.39, 0.29) is 17.9 Å². The largest absolute Gasteiger partial charge is 0.506 e. The Labute approximate surface area is 161 Å². The summed E-state index contributed by atoms with van der Waals surface area (Å²) in [5.41, 5.74) is 0.226. The van der Waals surface area contributed by atoms with Crippen molar-refractivity contribution >= 4 is 23.3 Å². The lowest BCUT2D eigenvalue weighted by Crippen LogP contribution is -2.34. The number of aryl methyl sites for hydroxylation is 1. The van der Waals surface area contributed by atoms with Crippen LogP contribution in [0.3, 0.4) is 0 Å². The maximum Gasteiger partial charge on any atom is 0.339 e. The highest BCUT2D eigenvalue weighted by molar-refractivity contribution is 6.03. The fourth-order valence-corrected chi connectivity index (χ4v) is 3.52. The van der Waals surface area contributed by atoms with E-state index in [9.17, 15) is 24.6 Å². The molecule has 7 heteroatoms. The molecule has 0 heterocycles. The summed E-state index contributed by atoms with van der Waals surface area (Å²) in [6.07, 6.45) is 1.66. The Morgan fingerprint density at radius 2 is 1.86 bits per heavy atom. The fraction of sp³-hybridized carbons (Fsp3) is 0.286. The first-order chi connectivity index (χ1) is 13.2. The molecular weight excluding hydrogens is 362 g/mol. The van der Waals surface area contributed by atoms with Crippen molar-refractivity contribution in [1.29, 1.82) is 0 Å². The molecule has 28 heavy (non-hydrogen) atoms. The second-order valence-corrected chi connectivity index (χ2v) is 7.26. The number of amides is 1. The van der Waals surface area contributed by atoms with E-state index in [2.05, 4.69) is 5.32 Å². The van der Waals surface area contributed by atoms with Crippen LogP contribution in [0.2, 0.25) is 0 Å². The van der Waals surface area contributed by atoms with Crippen LogP contribution in [0.4, 0.5) is 5.69 Å². The molecule has 0 saturated heterocycles. The number of phenolic OH excluding ortho intramolecular Hbond substituents is 1. The average molecular weight is 383 g/mol. The third-order valence-electron chi connectivity index (χ3n) is 5.31. The maximum absolute atomic E-state index is 12.9. The number of aromatic hydroxyl groups is 2. The Morgan fingerprint density at radius 1 is 1.14 bits per heavy atom. The normalized spacial score (nSPS) is 18.4. The van der Waals surface area contributed by atoms with Gasteiger partial charge in [0.05, 0.1) is 0 Å². The molecule has 146 valence electrons. The fourth-order valence-electron chi connectivity index (χ4n) is 3.52. The summed E-state index contributed by atoms with van der Waals surface area (Å²) in [7, 11) is 0. The lowest BCUT2D eigenvalue weighted by atomic mass is 9.69. The van der Waals surface area contributed by atoms with E-state index < -0.39 is 34.4 Å². The number of fused-ring (bicyclic) bond motifs is 1. The topological polar surface area (TPSA) is 124 Å². The lowest BCUT2D eigenvalue weighted by molar-refractivity contribution is -0.116. The summed E-state index contributed by atoms with van der Waals surface area (Å²) < 4.78 is 0. The van der Waals surface area contributed by atoms with Crippen molar-refractivity contribution in [1.82, 2.24) is 0 Å². The van der Waals surface area contributed by atoms with Crippen LogP contribution >= 0.6 is 0 Å². The average Bonchev–Trinajstić information content (AvgIpc) is 2.66. The number of nitrogens with one attached hydrogen (secondary N) is 1. The van der Waals surface area contributed by atoms with Crippen LogP contribution in [0.25, 0.3) is 0 Å². The first-order valence-electron chi connectivity index (χ1n) is 8.94. The molecule has 0 radical (unpaired) electrons. The van der Waals surface area contributed by atoms with Crippen molar-refractivity contribution in [3.63, 3.8) is 0 Å². The number of carboxylic acid groups (broad SMARTS) is 1. The molecule has 3 rings (SSSR count). The first-order valence-corrected chi connectivity index (χ1v) is 8.94. The maximum atomic E-state index is 12.9. The van der Waals surface area contributed by atoms with E-state index in [1.54, 1.807) is 6.07 Å². The summed E-state index contributed by atoms with van der Waals surface area (Å²) in [4.78, 5) is 36.3. The highest BCUT2D eigenvalue weighted by Gasteiger charge is 2.38. The van der Waals surface area contributed by atoms with Crippen LogP contribution in [0.1, 0.15) is 52.5 Å². The monoisotopic (exact) mass is 383 g/mol. The van der Waals surface area contributed by atoms with Gasteiger partial charge in [-0.15, -0.1) is 0 Å². The Hall–Kier alpha value is -3.35. The molecule has 0 aliphatic heterocycles. The number of carboxylic acids is 1. The highest BCUT2D eigenvalue weighted by Crippen LogP contribution is 2.40. The summed E-state index contributed by atoms with van der Waals surface area (Å²) >= 11 is 0. The van der Waals surface area contributed by atoms with Crippen LogP contribution in [0.15, 0.2) is 36.4 Å². The summed E-state index contributed by atoms with van der Waals surface area (Å²) in [6, 6.07) is 9.56. The number of ketones is 1. The van der Waals surface area contributed by atoms with E-state index in [1.165, 1.54) is 0 Å². The van der Waals surface area contributed by atoms with Gasteiger partial charge in [-0.2, -0.15) is 0 Å². The van der Waals surface area contributed by atoms with Crippen LogP contribution in [-0.4, -0.2) is 33.0 Å². The van der Waals surface area contributed by atoms with Crippen molar-refractivity contribution in [3.8, 4) is 11.5 Å². The number of Topliss-reactive ketones (excluding diaryl/α,β-unsaturated/α-hetero) is 1. The molecule has 0 aromatic heterocycles. The van der Waals surface area contributed by atoms with Gasteiger partial charge in [0.2, 0.25) is 5.91 Å². The number of hydrogen-bond donors (Lipinski definition) is 4. The summed E-state index contributed by atoms with van der Waals surface area (Å²) in [5, 5.41) is 31.2. The standard InChI is InChI=1S/C21H21NO6/c1-21(10-8-12-4-2-3-5-13(12)19(21)26)11-9-16(24)22-17-15(23)7-6-14(18(17)25)20(27)28/h2-7,23,25H,8-11H2,1H3,(H,22,24)(H,27,28)/t21-/m0/s1. The Morgan fingerprint density at radius 3 is 2.57 bits per heavy atom. The van der Waals surface area contributed by atoms with Gasteiger partial charge in [0.1, 0.15) is 17.0 Å². The van der Waals surface area contributed by atoms with Crippen LogP contribution < -0.4 is 5.32 Å². The van der Waals surface area contributed by atoms with Gasteiger partial charge in [-0.25, -0.2) is 4.79 Å². The number of phenols is 2. The number of carbonyl (C=O) groups is 3. The van der Waals surface area contributed by atoms with Crippen molar-refractivity contribution in [3.05, 3.63) is 53.1 Å². The molecule has 0 saturated carbocycles. The molecule has 4 N–H and O–H groups in total. The van der Waals surface area contributed by atoms with Crippen LogP contribution in [0.5, 0.6) is 11.5 Å². The van der Waals surface area contributed by atoms with Gasteiger partial charge in [0.25, 0.3) is 0 Å². The van der Waals surface area contributed by atoms with Crippen LogP contribution in [0, 0.1) is 5.41 Å². The molecule has 1 aliphatic rings. The third-order valence-corrected chi connectivity index (χ3v) is 5.31. The van der Waals surface area contributed by atoms with Gasteiger partial charge in [0.15, 0.2) is 11.5 Å². The minimum Gasteiger partial charge on any atom is -0.506 e. The molecule has 0 fully saturated rings. The molecular formula is C21H21NO6. The van der Waals surface area contributed by atoms with Crippen molar-refractivity contribution in [2.24, 2.45) is 5.41 Å². The van der Waals surface area contributed by atoms with Crippen molar-refractivity contribution < 1.29 is 29.7 Å². The quantitative estimate of drug-likeness (QED) is 0.587. The van der Waals surface area contributed by atoms with Crippen LogP contribution in [-0.2, 0) is 11.2 Å². The van der Waals surface area contributed by atoms with Crippen molar-refractivity contribution in [2.75, 3.05) is 5.32 Å². The van der Waals surface area contributed by atoms with E-state index in [0.29, 0.717) is 18.4 Å². The summed E-state index contributed by atoms with van der Waals surface area (Å²) in [5.74, 6) is -3.06. The van der Waals surface area contributed by atoms with Gasteiger partial charge in [0, 0.05) is 17.4 Å². The predicted molar refractivity (Wildman–Crippen MR) is 102 cm³/mol. The zero-order valence-corrected chi connectivity index (χ0v) is 15.4. The number of hydrogen-bond acceptors (Lipinski definition) is 5. The van der Waals surface area contributed by atoms with E-state index in [1.807, 2.05) is 25.1 Å². The number of carbonyl (C=O) groups excluding carboxylic acids is 2. The van der Waals surface area contributed by atoms with Gasteiger partial charge in [-0.3, -0.25) is 9.59 Å². The zero-order chi connectivity index (χ0) is 20.5. The number of rotatable bonds is 5. The molecule has 0 unspecified atom stereocenters. The van der Waals surface area contributed by atoms with E-state index in [4.69, 9.17) is 5.11 Å². The van der Waals surface area contributed by atoms with Gasteiger partial charge in [-0.05, 0) is 37.0 Å². The second kappa shape index (κ2) is 7.34. The first kappa shape index (κ1) is 19.4. The summed E-state index contributed by atoms with van der Waals surface area (Å²) in [6.45, 7) is 1.83. The second-order valence-electron chi connectivity index (χ2n) is 7.26. The minimum absolute atomic E-state index is 0.000666. The highest BCUT2D eigenvalue weighted by atomic mass is 16.4. The Balaban J connectivity index is 1.71. The molecule has 0 bridgehead atoms. The Kier molecular flexibility index (Phi) is 5.09.